The van der Waals surface area contributed by atoms with Crippen molar-refractivity contribution in [3.05, 3.63) is 27.7 Å². The third kappa shape index (κ3) is 2.79. The average molecular weight is 335 g/mol. The number of ether oxygens (including phenoxy) is 1. The zero-order valence-corrected chi connectivity index (χ0v) is 11.9. The minimum atomic E-state index is -1.05. The van der Waals surface area contributed by atoms with Crippen LogP contribution in [0.5, 0.6) is 0 Å². The molecule has 4 nitrogen and oxygen atoms in total. The highest BCUT2D eigenvalue weighted by Crippen LogP contribution is 2.29. The van der Waals surface area contributed by atoms with E-state index in [2.05, 4.69) is 21.2 Å². The molecule has 1 unspecified atom stereocenters. The summed E-state index contributed by atoms with van der Waals surface area (Å²) in [5.41, 5.74) is -0.343. The number of anilines is 1. The lowest BCUT2D eigenvalue weighted by Crippen LogP contribution is -2.52. The lowest BCUT2D eigenvalue weighted by Gasteiger charge is -2.34. The van der Waals surface area contributed by atoms with Gasteiger partial charge in [-0.25, -0.2) is 4.79 Å². The topological polar surface area (TPSA) is 58.6 Å². The second-order valence-corrected chi connectivity index (χ2v) is 5.56. The van der Waals surface area contributed by atoms with Gasteiger partial charge in [0, 0.05) is 16.8 Å². The van der Waals surface area contributed by atoms with Gasteiger partial charge in [-0.2, -0.15) is 0 Å². The number of halogens is 2. The molecule has 2 N–H and O–H groups in total. The van der Waals surface area contributed by atoms with Gasteiger partial charge in [-0.05, 0) is 47.0 Å². The largest absolute Gasteiger partial charge is 0.479 e. The minimum Gasteiger partial charge on any atom is -0.479 e. The molecule has 1 saturated heterocycles. The first-order valence-electron chi connectivity index (χ1n) is 5.58. The molecule has 0 spiro atoms. The van der Waals surface area contributed by atoms with E-state index in [0.717, 1.165) is 10.9 Å². The smallest absolute Gasteiger partial charge is 0.331 e. The van der Waals surface area contributed by atoms with Gasteiger partial charge in [0.1, 0.15) is 0 Å². The summed E-state index contributed by atoms with van der Waals surface area (Å²) in [7, 11) is 0. The lowest BCUT2D eigenvalue weighted by molar-refractivity contribution is -0.146. The van der Waals surface area contributed by atoms with E-state index in [-0.39, 0.29) is 6.61 Å². The third-order valence-corrected chi connectivity index (χ3v) is 4.17. The fourth-order valence-electron chi connectivity index (χ4n) is 1.97. The van der Waals surface area contributed by atoms with E-state index in [4.69, 9.17) is 16.3 Å². The molecule has 0 amide bonds. The first-order valence-corrected chi connectivity index (χ1v) is 6.75. The van der Waals surface area contributed by atoms with Crippen molar-refractivity contribution < 1.29 is 14.6 Å². The number of hydrogen-bond donors (Lipinski definition) is 2. The van der Waals surface area contributed by atoms with Gasteiger partial charge in [-0.1, -0.05) is 11.6 Å². The van der Waals surface area contributed by atoms with E-state index in [0.29, 0.717) is 23.7 Å². The summed E-state index contributed by atoms with van der Waals surface area (Å²) in [5.74, 6) is -0.895. The Morgan fingerprint density at radius 3 is 2.89 bits per heavy atom. The van der Waals surface area contributed by atoms with Crippen LogP contribution in [0.15, 0.2) is 22.7 Å². The molecule has 1 heterocycles. The Morgan fingerprint density at radius 2 is 2.33 bits per heavy atom. The van der Waals surface area contributed by atoms with E-state index in [1.165, 1.54) is 0 Å². The van der Waals surface area contributed by atoms with Gasteiger partial charge in [0.15, 0.2) is 5.54 Å². The molecule has 0 radical (unpaired) electrons. The van der Waals surface area contributed by atoms with Crippen LogP contribution in [0, 0.1) is 0 Å². The van der Waals surface area contributed by atoms with Crippen molar-refractivity contribution in [3.8, 4) is 0 Å². The van der Waals surface area contributed by atoms with Crippen molar-refractivity contribution in [2.24, 2.45) is 0 Å². The normalized spacial score (nSPS) is 23.7. The highest BCUT2D eigenvalue weighted by molar-refractivity contribution is 9.10. The average Bonchev–Trinajstić information content (AvgIpc) is 2.35. The van der Waals surface area contributed by atoms with Gasteiger partial charge in [0.2, 0.25) is 0 Å². The maximum atomic E-state index is 11.5. The first kappa shape index (κ1) is 13.6. The number of carbonyl (C=O) groups is 1. The molecule has 0 bridgehead atoms. The number of aliphatic carboxylic acids is 1. The predicted octanol–water partition coefficient (Wildman–Crippen LogP) is 3.15. The zero-order valence-electron chi connectivity index (χ0n) is 9.58. The molecule has 0 saturated carbocycles. The van der Waals surface area contributed by atoms with E-state index < -0.39 is 11.5 Å². The number of carboxylic acid groups (broad SMARTS) is 1. The molecule has 2 rings (SSSR count). The van der Waals surface area contributed by atoms with E-state index in [1.807, 2.05) is 0 Å². The van der Waals surface area contributed by atoms with Crippen LogP contribution in [0.1, 0.15) is 12.8 Å². The fraction of sp³-hybridized carbons (Fsp3) is 0.417. The van der Waals surface area contributed by atoms with Gasteiger partial charge >= 0.3 is 5.97 Å². The van der Waals surface area contributed by atoms with Crippen molar-refractivity contribution >= 4 is 39.2 Å². The molecular weight excluding hydrogens is 321 g/mol. The molecule has 18 heavy (non-hydrogen) atoms. The van der Waals surface area contributed by atoms with Crippen LogP contribution < -0.4 is 5.32 Å². The van der Waals surface area contributed by atoms with Crippen LogP contribution in [-0.2, 0) is 9.53 Å². The molecular formula is C12H13BrClNO3. The molecule has 0 aliphatic carbocycles. The summed E-state index contributed by atoms with van der Waals surface area (Å²) in [6.07, 6.45) is 1.27. The molecule has 1 aliphatic heterocycles. The highest BCUT2D eigenvalue weighted by Gasteiger charge is 2.40. The summed E-state index contributed by atoms with van der Waals surface area (Å²) in [5, 5.41) is 13.0. The molecule has 1 aromatic carbocycles. The summed E-state index contributed by atoms with van der Waals surface area (Å²) < 4.78 is 6.02. The van der Waals surface area contributed by atoms with Gasteiger partial charge in [-0.3, -0.25) is 0 Å². The van der Waals surface area contributed by atoms with E-state index >= 15 is 0 Å². The third-order valence-electron chi connectivity index (χ3n) is 2.95. The van der Waals surface area contributed by atoms with E-state index in [1.54, 1.807) is 18.2 Å². The fourth-order valence-corrected chi connectivity index (χ4v) is 2.46. The summed E-state index contributed by atoms with van der Waals surface area (Å²) in [6, 6.07) is 5.24. The maximum absolute atomic E-state index is 11.5. The summed E-state index contributed by atoms with van der Waals surface area (Å²) in [6.45, 7) is 0.781. The number of carboxylic acids is 1. The predicted molar refractivity (Wildman–Crippen MR) is 73.2 cm³/mol. The van der Waals surface area contributed by atoms with Crippen LogP contribution in [0.4, 0.5) is 5.69 Å². The Bertz CT molecular complexity index is 461. The molecule has 1 aliphatic rings. The van der Waals surface area contributed by atoms with Gasteiger partial charge < -0.3 is 15.2 Å². The minimum absolute atomic E-state index is 0.169. The van der Waals surface area contributed by atoms with Crippen molar-refractivity contribution in [2.45, 2.75) is 18.4 Å². The first-order chi connectivity index (χ1) is 8.53. The van der Waals surface area contributed by atoms with E-state index in [9.17, 15) is 9.90 Å². The van der Waals surface area contributed by atoms with Crippen molar-refractivity contribution in [1.29, 1.82) is 0 Å². The molecule has 6 heteroatoms. The summed E-state index contributed by atoms with van der Waals surface area (Å²) >= 11 is 9.22. The Kier molecular flexibility index (Phi) is 4.14. The Balaban J connectivity index is 2.23. The monoisotopic (exact) mass is 333 g/mol. The van der Waals surface area contributed by atoms with Crippen LogP contribution in [-0.4, -0.2) is 29.8 Å². The van der Waals surface area contributed by atoms with Crippen LogP contribution in [0.2, 0.25) is 5.02 Å². The van der Waals surface area contributed by atoms with Crippen LogP contribution in [0.3, 0.4) is 0 Å². The molecule has 0 aromatic heterocycles. The van der Waals surface area contributed by atoms with Gasteiger partial charge in [0.05, 0.1) is 11.6 Å². The van der Waals surface area contributed by atoms with Crippen molar-refractivity contribution in [1.82, 2.24) is 0 Å². The second kappa shape index (κ2) is 5.47. The highest BCUT2D eigenvalue weighted by atomic mass is 79.9. The number of nitrogens with one attached hydrogen (secondary N) is 1. The number of benzene rings is 1. The Morgan fingerprint density at radius 1 is 1.56 bits per heavy atom. The molecule has 1 fully saturated rings. The molecule has 1 aromatic rings. The lowest BCUT2D eigenvalue weighted by atomic mass is 9.92. The number of hydrogen-bond acceptors (Lipinski definition) is 3. The molecule has 1 atom stereocenters. The standard InChI is InChI=1S/C12H13BrClNO3/c13-9-6-8(2-3-10(9)14)15-12(11(16)17)4-1-5-18-7-12/h2-3,6,15H,1,4-5,7H2,(H,16,17). The maximum Gasteiger partial charge on any atom is 0.331 e. The van der Waals surface area contributed by atoms with Crippen LogP contribution in [0.25, 0.3) is 0 Å². The van der Waals surface area contributed by atoms with Crippen LogP contribution >= 0.6 is 27.5 Å². The Hall–Kier alpha value is -0.780. The molecule has 98 valence electrons. The quantitative estimate of drug-likeness (QED) is 0.891. The zero-order chi connectivity index (χ0) is 13.2. The number of rotatable bonds is 3. The summed E-state index contributed by atoms with van der Waals surface area (Å²) in [4.78, 5) is 11.5. The van der Waals surface area contributed by atoms with Crippen molar-refractivity contribution in [2.75, 3.05) is 18.5 Å². The Labute approximate surface area is 118 Å². The van der Waals surface area contributed by atoms with Gasteiger partial charge in [-0.15, -0.1) is 0 Å². The van der Waals surface area contributed by atoms with Gasteiger partial charge in [0.25, 0.3) is 0 Å². The second-order valence-electron chi connectivity index (χ2n) is 4.30. The SMILES string of the molecule is O=C(O)C1(Nc2ccc(Cl)c(Br)c2)CCCOC1. The van der Waals surface area contributed by atoms with Crippen molar-refractivity contribution in [3.63, 3.8) is 0 Å².